The van der Waals surface area contributed by atoms with Crippen LogP contribution in [0.5, 0.6) is 0 Å². The van der Waals surface area contributed by atoms with E-state index in [1.54, 1.807) is 42.5 Å². The first kappa shape index (κ1) is 26.0. The molecule has 0 unspecified atom stereocenters. The summed E-state index contributed by atoms with van der Waals surface area (Å²) in [6.45, 7) is 4.31. The number of Topliss-reactive ketones (excluding diaryl/α,β-unsaturated/α-hetero) is 1. The highest BCUT2D eigenvalue weighted by Crippen LogP contribution is 2.28. The molecule has 1 amide bonds. The molecular weight excluding hydrogens is 482 g/mol. The van der Waals surface area contributed by atoms with Crippen molar-refractivity contribution in [3.8, 4) is 0 Å². The highest BCUT2D eigenvalue weighted by molar-refractivity contribution is 6.01. The molecule has 1 aliphatic carbocycles. The number of nitrogens with one attached hydrogen (secondary N) is 3. The minimum Gasteiger partial charge on any atom is -0.399 e. The number of guanidine groups is 1. The monoisotopic (exact) mass is 514 g/mol. The highest BCUT2D eigenvalue weighted by atomic mass is 16.1. The van der Waals surface area contributed by atoms with Crippen molar-refractivity contribution in [2.45, 2.75) is 32.0 Å². The Labute approximate surface area is 220 Å². The molecule has 196 valence electrons. The lowest BCUT2D eigenvalue weighted by Crippen LogP contribution is -2.49. The number of amides is 1. The fourth-order valence-corrected chi connectivity index (χ4v) is 4.24. The van der Waals surface area contributed by atoms with Gasteiger partial charge in [-0.05, 0) is 56.3 Å². The van der Waals surface area contributed by atoms with E-state index >= 15 is 0 Å². The molecule has 38 heavy (non-hydrogen) atoms. The lowest BCUT2D eigenvalue weighted by atomic mass is 9.89. The van der Waals surface area contributed by atoms with E-state index < -0.39 is 11.6 Å². The van der Waals surface area contributed by atoms with E-state index in [4.69, 9.17) is 22.9 Å². The summed E-state index contributed by atoms with van der Waals surface area (Å²) in [5.74, 6) is -0.779. The average Bonchev–Trinajstić information content (AvgIpc) is 2.88. The molecule has 0 radical (unpaired) electrons. The van der Waals surface area contributed by atoms with Crippen molar-refractivity contribution in [1.82, 2.24) is 10.7 Å². The van der Waals surface area contributed by atoms with Crippen molar-refractivity contribution in [2.24, 2.45) is 16.6 Å². The maximum absolute atomic E-state index is 13.0. The Morgan fingerprint density at radius 3 is 2.42 bits per heavy atom. The Balaban J connectivity index is 1.49. The van der Waals surface area contributed by atoms with Gasteiger partial charge in [0.2, 0.25) is 11.5 Å². The highest BCUT2D eigenvalue weighted by Gasteiger charge is 2.32. The Hall–Kier alpha value is -5.06. The molecule has 4 rings (SSSR count). The number of hydrogen-bond acceptors (Lipinski definition) is 7. The first-order chi connectivity index (χ1) is 18.1. The van der Waals surface area contributed by atoms with Crippen LogP contribution in [0.15, 0.2) is 78.1 Å². The second-order valence-corrected chi connectivity index (χ2v) is 9.01. The quantitative estimate of drug-likeness (QED) is 0.0585. The molecule has 0 fully saturated rings. The zero-order valence-electron chi connectivity index (χ0n) is 21.2. The van der Waals surface area contributed by atoms with Gasteiger partial charge in [0.1, 0.15) is 12.1 Å². The summed E-state index contributed by atoms with van der Waals surface area (Å²) in [7, 11) is 0. The van der Waals surface area contributed by atoms with E-state index in [2.05, 4.69) is 32.7 Å². The van der Waals surface area contributed by atoms with Crippen LogP contribution in [0.1, 0.15) is 24.2 Å². The number of aromatic nitrogens is 1. The number of anilines is 4. The maximum atomic E-state index is 13.0. The van der Waals surface area contributed by atoms with Crippen molar-refractivity contribution in [1.29, 1.82) is 0 Å². The number of hydrazone groups is 1. The predicted octanol–water partition coefficient (Wildman–Crippen LogP) is 1.39. The number of nitrogen functional groups attached to an aromatic ring is 2. The number of hydrogen-bond donors (Lipinski definition) is 7. The minimum atomic E-state index is -1.19. The van der Waals surface area contributed by atoms with Gasteiger partial charge in [0.15, 0.2) is 12.0 Å². The molecule has 0 spiro atoms. The Kier molecular flexibility index (Phi) is 7.19. The summed E-state index contributed by atoms with van der Waals surface area (Å²) in [5.41, 5.74) is 28.4. The smallest absolute Gasteiger partial charge is 0.254 e. The third-order valence-corrected chi connectivity index (χ3v) is 6.34. The number of carbonyl (C=O) groups excluding carboxylic acids is 2. The molecule has 11 heteroatoms. The Bertz CT molecular complexity index is 1480. The first-order valence-electron chi connectivity index (χ1n) is 12.1. The van der Waals surface area contributed by atoms with Gasteiger partial charge in [0, 0.05) is 29.2 Å². The largest absolute Gasteiger partial charge is 0.399 e. The second-order valence-electron chi connectivity index (χ2n) is 9.01. The van der Waals surface area contributed by atoms with Crippen LogP contribution in [0.3, 0.4) is 0 Å². The number of nitrogens with two attached hydrogens (primary N) is 4. The molecule has 2 aromatic carbocycles. The average molecular weight is 515 g/mol. The van der Waals surface area contributed by atoms with Gasteiger partial charge in [0.25, 0.3) is 5.91 Å². The van der Waals surface area contributed by atoms with Gasteiger partial charge in [0.05, 0.1) is 22.7 Å². The summed E-state index contributed by atoms with van der Waals surface area (Å²) in [6, 6.07) is 12.5. The lowest BCUT2D eigenvalue weighted by molar-refractivity contribution is -0.667. The van der Waals surface area contributed by atoms with Crippen LogP contribution in [0, 0.1) is 0 Å². The zero-order chi connectivity index (χ0) is 27.4. The lowest BCUT2D eigenvalue weighted by Gasteiger charge is -2.28. The van der Waals surface area contributed by atoms with E-state index in [0.717, 1.165) is 28.8 Å². The maximum Gasteiger partial charge on any atom is 0.254 e. The number of pyridine rings is 1. The van der Waals surface area contributed by atoms with E-state index in [9.17, 15) is 9.59 Å². The van der Waals surface area contributed by atoms with Crippen LogP contribution in [-0.4, -0.2) is 29.2 Å². The van der Waals surface area contributed by atoms with Crippen LogP contribution in [0.2, 0.25) is 0 Å². The van der Waals surface area contributed by atoms with E-state index in [1.807, 2.05) is 30.5 Å². The van der Waals surface area contributed by atoms with Crippen molar-refractivity contribution in [3.05, 3.63) is 78.5 Å². The predicted molar refractivity (Wildman–Crippen MR) is 150 cm³/mol. The molecule has 1 aromatic heterocycles. The van der Waals surface area contributed by atoms with Gasteiger partial charge in [-0.2, -0.15) is 4.57 Å². The van der Waals surface area contributed by atoms with Crippen molar-refractivity contribution in [2.75, 3.05) is 16.8 Å². The molecule has 1 heterocycles. The van der Waals surface area contributed by atoms with Gasteiger partial charge < -0.3 is 33.6 Å². The van der Waals surface area contributed by atoms with Gasteiger partial charge in [-0.25, -0.2) is 0 Å². The summed E-state index contributed by atoms with van der Waals surface area (Å²) in [6.07, 6.45) is 8.56. The third kappa shape index (κ3) is 5.36. The SMILES string of the molecule is CC[n+]1ccc(Nc2ccc(C(=O)NC3C=CC(NN=C(N)N)(C(C)=O)C=C3)c(N)c2)c2cc(N)ccc21. The number of aryl methyl sites for hydroxylation is 1. The van der Waals surface area contributed by atoms with Crippen LogP contribution in [0.4, 0.5) is 22.7 Å². The van der Waals surface area contributed by atoms with Crippen LogP contribution < -0.4 is 43.6 Å². The van der Waals surface area contributed by atoms with Gasteiger partial charge in [-0.15, -0.1) is 5.10 Å². The third-order valence-electron chi connectivity index (χ3n) is 6.34. The molecule has 0 aliphatic heterocycles. The van der Waals surface area contributed by atoms with Crippen LogP contribution in [-0.2, 0) is 11.3 Å². The van der Waals surface area contributed by atoms with Gasteiger partial charge >= 0.3 is 0 Å². The molecule has 1 aliphatic rings. The summed E-state index contributed by atoms with van der Waals surface area (Å²) < 4.78 is 2.13. The number of rotatable bonds is 8. The summed E-state index contributed by atoms with van der Waals surface area (Å²) in [4.78, 5) is 25.1. The standard InChI is InChI=1S/C27H31N9O2/c1-3-36-13-10-23(21-14-17(28)4-7-24(21)36)32-19-5-6-20(22(29)15-19)25(38)33-18-8-11-27(12-9-18,16(2)37)35-34-26(30)31/h4-15,18,35H,3,28H2,1-2H3,(H7,29,30,31,33,34,38)/p+1. The molecule has 11 nitrogen and oxygen atoms in total. The summed E-state index contributed by atoms with van der Waals surface area (Å²) >= 11 is 0. The first-order valence-corrected chi connectivity index (χ1v) is 12.1. The van der Waals surface area contributed by atoms with E-state index in [-0.39, 0.29) is 17.6 Å². The summed E-state index contributed by atoms with van der Waals surface area (Å²) in [5, 5.41) is 11.0. The Morgan fingerprint density at radius 2 is 1.79 bits per heavy atom. The molecule has 0 saturated heterocycles. The zero-order valence-corrected chi connectivity index (χ0v) is 21.2. The fourth-order valence-electron chi connectivity index (χ4n) is 4.24. The topological polar surface area (TPSA) is 191 Å². The number of fused-ring (bicyclic) bond motifs is 1. The number of ketones is 1. The van der Waals surface area contributed by atoms with Crippen LogP contribution >= 0.6 is 0 Å². The van der Waals surface area contributed by atoms with Crippen molar-refractivity contribution >= 4 is 51.3 Å². The van der Waals surface area contributed by atoms with Gasteiger partial charge in [-0.3, -0.25) is 15.0 Å². The number of benzene rings is 2. The molecule has 0 atom stereocenters. The van der Waals surface area contributed by atoms with Crippen molar-refractivity contribution in [3.63, 3.8) is 0 Å². The molecular formula is C27H32N9O2+. The van der Waals surface area contributed by atoms with Crippen LogP contribution in [0.25, 0.3) is 10.9 Å². The fraction of sp³-hybridized carbons (Fsp3) is 0.185. The Morgan fingerprint density at radius 1 is 1.05 bits per heavy atom. The number of carbonyl (C=O) groups is 2. The molecule has 0 bridgehead atoms. The number of nitrogens with zero attached hydrogens (tertiary/aromatic N) is 2. The molecule has 3 aromatic rings. The molecule has 0 saturated carbocycles. The van der Waals surface area contributed by atoms with E-state index in [0.29, 0.717) is 16.9 Å². The van der Waals surface area contributed by atoms with E-state index in [1.165, 1.54) is 6.92 Å². The normalized spacial score (nSPS) is 18.1. The molecule has 11 N–H and O–H groups in total. The minimum absolute atomic E-state index is 0.203. The second kappa shape index (κ2) is 10.5. The van der Waals surface area contributed by atoms with Gasteiger partial charge in [-0.1, -0.05) is 12.2 Å². The van der Waals surface area contributed by atoms with Crippen molar-refractivity contribution < 1.29 is 14.2 Å².